The smallest absolute Gasteiger partial charge is 0.134 e. The molecule has 0 saturated heterocycles. The van der Waals surface area contributed by atoms with Gasteiger partial charge in [-0.25, -0.2) is 0 Å². The average molecular weight is 290 g/mol. The molecule has 2 aromatic rings. The van der Waals surface area contributed by atoms with Crippen molar-refractivity contribution in [1.29, 1.82) is 0 Å². The molecule has 1 atom stereocenters. The van der Waals surface area contributed by atoms with Crippen molar-refractivity contribution in [2.75, 3.05) is 27.2 Å². The Morgan fingerprint density at radius 2 is 1.86 bits per heavy atom. The summed E-state index contributed by atoms with van der Waals surface area (Å²) in [6.45, 7) is 7.81. The van der Waals surface area contributed by atoms with Crippen molar-refractivity contribution in [3.63, 3.8) is 0 Å². The number of hydrogen-bond acceptors (Lipinski definition) is 4. The predicted octanol–water partition coefficient (Wildman–Crippen LogP) is 2.45. The first-order chi connectivity index (χ1) is 9.77. The van der Waals surface area contributed by atoms with Gasteiger partial charge in [0.05, 0.1) is 12.1 Å². The first-order valence-electron chi connectivity index (χ1n) is 7.34. The molecular weight excluding hydrogens is 264 g/mol. The monoisotopic (exact) mass is 290 g/mol. The van der Waals surface area contributed by atoms with Gasteiger partial charge < -0.3 is 19.7 Å². The minimum absolute atomic E-state index is 0.528. The van der Waals surface area contributed by atoms with E-state index in [2.05, 4.69) is 37.4 Å². The fourth-order valence-electron chi connectivity index (χ4n) is 2.64. The molecule has 0 aliphatic rings. The molecule has 2 N–H and O–H groups in total. The fourth-order valence-corrected chi connectivity index (χ4v) is 2.64. The lowest BCUT2D eigenvalue weighted by molar-refractivity contribution is 0.0333. The molecular formula is C17H26N2O2. The van der Waals surface area contributed by atoms with Crippen LogP contribution in [0.5, 0.6) is 0 Å². The zero-order chi connectivity index (χ0) is 15.6. The Balaban J connectivity index is 1.98. The van der Waals surface area contributed by atoms with Crippen LogP contribution in [-0.2, 0) is 6.54 Å². The first kappa shape index (κ1) is 16.0. The van der Waals surface area contributed by atoms with Gasteiger partial charge in [-0.2, -0.15) is 0 Å². The normalized spacial score (nSPS) is 14.8. The third kappa shape index (κ3) is 4.30. The zero-order valence-corrected chi connectivity index (χ0v) is 13.7. The van der Waals surface area contributed by atoms with Crippen molar-refractivity contribution >= 4 is 11.0 Å². The summed E-state index contributed by atoms with van der Waals surface area (Å²) in [4.78, 5) is 1.98. The Hall–Kier alpha value is -1.36. The van der Waals surface area contributed by atoms with Crippen molar-refractivity contribution in [1.82, 2.24) is 10.2 Å². The highest BCUT2D eigenvalue weighted by Gasteiger charge is 2.20. The fraction of sp³-hybridized carbons (Fsp3) is 0.529. The van der Waals surface area contributed by atoms with E-state index < -0.39 is 5.60 Å². The van der Waals surface area contributed by atoms with Crippen LogP contribution in [0.3, 0.4) is 0 Å². The van der Waals surface area contributed by atoms with E-state index in [4.69, 9.17) is 4.42 Å². The largest absolute Gasteiger partial charge is 0.460 e. The summed E-state index contributed by atoms with van der Waals surface area (Å²) < 4.78 is 5.85. The molecule has 1 aromatic heterocycles. The Morgan fingerprint density at radius 1 is 1.19 bits per heavy atom. The summed E-state index contributed by atoms with van der Waals surface area (Å²) in [7, 11) is 3.91. The van der Waals surface area contributed by atoms with E-state index in [-0.39, 0.29) is 0 Å². The quantitative estimate of drug-likeness (QED) is 0.858. The Kier molecular flexibility index (Phi) is 4.71. The van der Waals surface area contributed by atoms with E-state index in [1.807, 2.05) is 25.9 Å². The van der Waals surface area contributed by atoms with Crippen molar-refractivity contribution in [3.05, 3.63) is 35.1 Å². The molecule has 0 amide bonds. The molecule has 1 aromatic carbocycles. The number of nitrogens with one attached hydrogen (secondary N) is 1. The van der Waals surface area contributed by atoms with Crippen LogP contribution in [0.2, 0.25) is 0 Å². The number of likely N-dealkylation sites (N-methyl/N-ethyl adjacent to an activating group) is 1. The number of aliphatic hydroxyl groups is 1. The molecule has 4 heteroatoms. The summed E-state index contributed by atoms with van der Waals surface area (Å²) in [6, 6.07) is 6.30. The van der Waals surface area contributed by atoms with Gasteiger partial charge in [0.25, 0.3) is 0 Å². The molecule has 0 spiro atoms. The van der Waals surface area contributed by atoms with Gasteiger partial charge in [0.15, 0.2) is 0 Å². The van der Waals surface area contributed by atoms with Crippen molar-refractivity contribution in [3.8, 4) is 0 Å². The van der Waals surface area contributed by atoms with Crippen LogP contribution in [0.1, 0.15) is 23.8 Å². The second-order valence-corrected chi connectivity index (χ2v) is 6.53. The van der Waals surface area contributed by atoms with Gasteiger partial charge in [0, 0.05) is 18.5 Å². The van der Waals surface area contributed by atoms with Crippen molar-refractivity contribution < 1.29 is 9.52 Å². The maximum absolute atomic E-state index is 10.2. The Labute approximate surface area is 126 Å². The van der Waals surface area contributed by atoms with E-state index in [9.17, 15) is 5.11 Å². The van der Waals surface area contributed by atoms with Gasteiger partial charge in [-0.3, -0.25) is 0 Å². The highest BCUT2D eigenvalue weighted by molar-refractivity contribution is 5.79. The molecule has 21 heavy (non-hydrogen) atoms. The molecule has 1 unspecified atom stereocenters. The van der Waals surface area contributed by atoms with Crippen LogP contribution in [0.25, 0.3) is 11.0 Å². The lowest BCUT2D eigenvalue weighted by Gasteiger charge is -2.27. The van der Waals surface area contributed by atoms with Gasteiger partial charge in [0.1, 0.15) is 11.3 Å². The average Bonchev–Trinajstić information content (AvgIpc) is 2.69. The number of benzene rings is 1. The summed E-state index contributed by atoms with van der Waals surface area (Å²) >= 11 is 0. The van der Waals surface area contributed by atoms with E-state index >= 15 is 0 Å². The van der Waals surface area contributed by atoms with Crippen LogP contribution in [-0.4, -0.2) is 42.8 Å². The van der Waals surface area contributed by atoms with Crippen LogP contribution in [0, 0.1) is 13.8 Å². The molecule has 0 bridgehead atoms. The second-order valence-electron chi connectivity index (χ2n) is 6.53. The molecule has 0 saturated carbocycles. The zero-order valence-electron chi connectivity index (χ0n) is 13.7. The molecule has 0 fully saturated rings. The summed E-state index contributed by atoms with van der Waals surface area (Å²) in [5, 5.41) is 14.6. The van der Waals surface area contributed by atoms with Crippen molar-refractivity contribution in [2.45, 2.75) is 32.9 Å². The Morgan fingerprint density at radius 3 is 2.52 bits per heavy atom. The minimum Gasteiger partial charge on any atom is -0.460 e. The highest BCUT2D eigenvalue weighted by Crippen LogP contribution is 2.23. The molecule has 4 nitrogen and oxygen atoms in total. The topological polar surface area (TPSA) is 48.6 Å². The van der Waals surface area contributed by atoms with Gasteiger partial charge in [-0.1, -0.05) is 0 Å². The number of furan rings is 1. The van der Waals surface area contributed by atoms with E-state index in [0.29, 0.717) is 19.6 Å². The molecule has 2 rings (SSSR count). The highest BCUT2D eigenvalue weighted by atomic mass is 16.3. The van der Waals surface area contributed by atoms with Crippen LogP contribution in [0.15, 0.2) is 22.6 Å². The summed E-state index contributed by atoms with van der Waals surface area (Å²) in [6.07, 6.45) is 0. The number of aryl methyl sites for hydroxylation is 2. The third-order valence-corrected chi connectivity index (χ3v) is 3.65. The van der Waals surface area contributed by atoms with Gasteiger partial charge in [-0.05, 0) is 64.2 Å². The van der Waals surface area contributed by atoms with Crippen LogP contribution in [0.4, 0.5) is 0 Å². The first-order valence-corrected chi connectivity index (χ1v) is 7.34. The SMILES string of the molecule is Cc1cc2cc(CNCC(C)(O)CN(C)C)oc2cc1C. The molecule has 0 radical (unpaired) electrons. The predicted molar refractivity (Wildman–Crippen MR) is 86.6 cm³/mol. The van der Waals surface area contributed by atoms with Gasteiger partial charge in [0.2, 0.25) is 0 Å². The maximum atomic E-state index is 10.2. The minimum atomic E-state index is -0.747. The number of nitrogens with zero attached hydrogens (tertiary/aromatic N) is 1. The third-order valence-electron chi connectivity index (χ3n) is 3.65. The second kappa shape index (κ2) is 6.18. The number of rotatable bonds is 6. The van der Waals surface area contributed by atoms with E-state index in [1.54, 1.807) is 0 Å². The summed E-state index contributed by atoms with van der Waals surface area (Å²) in [5.41, 5.74) is 2.69. The molecule has 116 valence electrons. The lowest BCUT2D eigenvalue weighted by Crippen LogP contribution is -2.45. The molecule has 0 aliphatic carbocycles. The van der Waals surface area contributed by atoms with Crippen molar-refractivity contribution in [2.24, 2.45) is 0 Å². The van der Waals surface area contributed by atoms with Crippen LogP contribution < -0.4 is 5.32 Å². The molecule has 1 heterocycles. The number of hydrogen-bond donors (Lipinski definition) is 2. The maximum Gasteiger partial charge on any atom is 0.134 e. The summed E-state index contributed by atoms with van der Waals surface area (Å²) in [5.74, 6) is 0.899. The van der Waals surface area contributed by atoms with Gasteiger partial charge in [-0.15, -0.1) is 0 Å². The lowest BCUT2D eigenvalue weighted by atomic mass is 10.1. The van der Waals surface area contributed by atoms with Crippen LogP contribution >= 0.6 is 0 Å². The van der Waals surface area contributed by atoms with Gasteiger partial charge >= 0.3 is 0 Å². The van der Waals surface area contributed by atoms with E-state index in [1.165, 1.54) is 11.1 Å². The Bertz CT molecular complexity index is 576. The standard InChI is InChI=1S/C17H26N2O2/c1-12-6-14-8-15(21-16(14)7-13(12)2)9-18-10-17(3,20)11-19(4)5/h6-8,18,20H,9-11H2,1-5H3. The molecule has 0 aliphatic heterocycles. The number of fused-ring (bicyclic) bond motifs is 1. The van der Waals surface area contributed by atoms with E-state index in [0.717, 1.165) is 16.7 Å².